The van der Waals surface area contributed by atoms with Crippen LogP contribution >= 0.6 is 0 Å². The minimum atomic E-state index is -0.0574. The summed E-state index contributed by atoms with van der Waals surface area (Å²) in [6.07, 6.45) is 5.24. The van der Waals surface area contributed by atoms with Crippen LogP contribution in [0.2, 0.25) is 0 Å². The molecule has 2 heteroatoms. The van der Waals surface area contributed by atoms with Crippen LogP contribution in [0, 0.1) is 18.3 Å². The molecule has 0 aliphatic rings. The van der Waals surface area contributed by atoms with Crippen LogP contribution in [-0.2, 0) is 0 Å². The number of hydrogen-bond donors (Lipinski definition) is 2. The van der Waals surface area contributed by atoms with Crippen LogP contribution in [0.3, 0.4) is 0 Å². The van der Waals surface area contributed by atoms with E-state index in [0.29, 0.717) is 5.56 Å². The molecule has 0 heterocycles. The number of phenols is 1. The molecule has 13 heavy (non-hydrogen) atoms. The maximum absolute atomic E-state index is 9.40. The van der Waals surface area contributed by atoms with Crippen LogP contribution in [0.15, 0.2) is 18.2 Å². The minimum absolute atomic E-state index is 0.0574. The Morgan fingerprint density at radius 2 is 2.23 bits per heavy atom. The zero-order chi connectivity index (χ0) is 9.84. The lowest BCUT2D eigenvalue weighted by Crippen LogP contribution is -2.02. The molecule has 1 aromatic rings. The van der Waals surface area contributed by atoms with Crippen molar-refractivity contribution in [2.75, 3.05) is 6.61 Å². The van der Waals surface area contributed by atoms with Gasteiger partial charge in [0.2, 0.25) is 0 Å². The van der Waals surface area contributed by atoms with Crippen LogP contribution in [0.1, 0.15) is 18.1 Å². The third kappa shape index (κ3) is 1.82. The molecule has 0 amide bonds. The predicted octanol–water partition coefficient (Wildman–Crippen LogP) is 1.31. The van der Waals surface area contributed by atoms with Crippen LogP contribution < -0.4 is 0 Å². The minimum Gasteiger partial charge on any atom is -0.507 e. The molecule has 0 fully saturated rings. The summed E-state index contributed by atoms with van der Waals surface area (Å²) in [7, 11) is 0. The Morgan fingerprint density at radius 1 is 1.54 bits per heavy atom. The first-order valence-electron chi connectivity index (χ1n) is 3.93. The number of phenolic OH excluding ortho intramolecular Hbond substituents is 1. The zero-order valence-electron chi connectivity index (χ0n) is 7.41. The summed E-state index contributed by atoms with van der Waals surface area (Å²) in [5, 5.41) is 18.3. The molecule has 1 rings (SSSR count). The molecule has 2 nitrogen and oxygen atoms in total. The summed E-state index contributed by atoms with van der Waals surface area (Å²) in [6, 6.07) is 5.01. The lowest BCUT2D eigenvalue weighted by Gasteiger charge is -2.10. The Kier molecular flexibility index (Phi) is 2.94. The molecule has 0 atom stereocenters. The summed E-state index contributed by atoms with van der Waals surface area (Å²) < 4.78 is 0. The van der Waals surface area contributed by atoms with Crippen molar-refractivity contribution in [3.63, 3.8) is 0 Å². The smallest absolute Gasteiger partial charge is 0.131 e. The van der Waals surface area contributed by atoms with Gasteiger partial charge in [-0.1, -0.05) is 25.0 Å². The van der Waals surface area contributed by atoms with Gasteiger partial charge in [0, 0.05) is 5.92 Å². The summed E-state index contributed by atoms with van der Waals surface area (Å²) in [6.45, 7) is 1.72. The van der Waals surface area contributed by atoms with E-state index >= 15 is 0 Å². The maximum Gasteiger partial charge on any atom is 0.131 e. The fraction of sp³-hybridized carbons (Fsp3) is 0.182. The van der Waals surface area contributed by atoms with Crippen LogP contribution in [-0.4, -0.2) is 16.8 Å². The summed E-state index contributed by atoms with van der Waals surface area (Å²) in [4.78, 5) is 0. The van der Waals surface area contributed by atoms with Crippen LogP contribution in [0.4, 0.5) is 0 Å². The Balaban J connectivity index is 3.22. The summed E-state index contributed by atoms with van der Waals surface area (Å²) in [5.41, 5.74) is 1.17. The monoisotopic (exact) mass is 175 g/mol. The highest BCUT2D eigenvalue weighted by atomic mass is 16.3. The van der Waals surface area contributed by atoms with Crippen molar-refractivity contribution in [1.29, 1.82) is 0 Å². The number of terminal acetylenes is 1. The van der Waals surface area contributed by atoms with E-state index in [1.54, 1.807) is 19.1 Å². The molecular formula is C11H11O2. The number of aliphatic hydroxyl groups is 1. The standard InChI is InChI=1S/C11H11O2/c1-3-9-10(8(2)7-12)5-4-6-11(9)13/h1,4-6,12-13H,7H2,2H3. The Labute approximate surface area is 77.8 Å². The second kappa shape index (κ2) is 3.97. The van der Waals surface area contributed by atoms with Crippen molar-refractivity contribution in [2.45, 2.75) is 6.92 Å². The van der Waals surface area contributed by atoms with Crippen molar-refractivity contribution >= 4 is 0 Å². The highest BCUT2D eigenvalue weighted by molar-refractivity contribution is 5.54. The quantitative estimate of drug-likeness (QED) is 0.665. The molecule has 0 saturated carbocycles. The third-order valence-electron chi connectivity index (χ3n) is 1.88. The van der Waals surface area contributed by atoms with Crippen LogP contribution in [0.5, 0.6) is 5.75 Å². The van der Waals surface area contributed by atoms with Gasteiger partial charge in [-0.2, -0.15) is 0 Å². The van der Waals surface area contributed by atoms with Crippen molar-refractivity contribution in [2.24, 2.45) is 0 Å². The Hall–Kier alpha value is -1.46. The van der Waals surface area contributed by atoms with Gasteiger partial charge in [0.25, 0.3) is 0 Å². The normalized spacial score (nSPS) is 10.0. The van der Waals surface area contributed by atoms with Crippen molar-refractivity contribution in [1.82, 2.24) is 0 Å². The van der Waals surface area contributed by atoms with Gasteiger partial charge in [-0.25, -0.2) is 0 Å². The molecule has 0 aromatic heterocycles. The molecule has 1 radical (unpaired) electrons. The van der Waals surface area contributed by atoms with Crippen LogP contribution in [0.25, 0.3) is 0 Å². The van der Waals surface area contributed by atoms with Gasteiger partial charge < -0.3 is 10.2 Å². The Morgan fingerprint density at radius 3 is 2.77 bits per heavy atom. The average Bonchev–Trinajstić information content (AvgIpc) is 2.16. The van der Waals surface area contributed by atoms with E-state index in [0.717, 1.165) is 11.5 Å². The van der Waals surface area contributed by atoms with Gasteiger partial charge in [0.05, 0.1) is 12.2 Å². The first kappa shape index (κ1) is 9.63. The van der Waals surface area contributed by atoms with Gasteiger partial charge in [0.15, 0.2) is 0 Å². The summed E-state index contributed by atoms with van der Waals surface area (Å²) in [5.74, 6) is 3.23. The molecule has 0 bridgehead atoms. The van der Waals surface area contributed by atoms with Gasteiger partial charge in [-0.15, -0.1) is 6.42 Å². The number of aromatic hydroxyl groups is 1. The van der Waals surface area contributed by atoms with Gasteiger partial charge >= 0.3 is 0 Å². The molecular weight excluding hydrogens is 164 g/mol. The average molecular weight is 175 g/mol. The Bertz CT molecular complexity index is 336. The molecule has 0 saturated heterocycles. The lowest BCUT2D eigenvalue weighted by molar-refractivity contribution is 0.314. The van der Waals surface area contributed by atoms with E-state index in [-0.39, 0.29) is 12.4 Å². The largest absolute Gasteiger partial charge is 0.507 e. The van der Waals surface area contributed by atoms with E-state index in [2.05, 4.69) is 5.92 Å². The fourth-order valence-electron chi connectivity index (χ4n) is 1.13. The van der Waals surface area contributed by atoms with Gasteiger partial charge in [-0.3, -0.25) is 0 Å². The molecule has 1 aromatic carbocycles. The van der Waals surface area contributed by atoms with E-state index in [4.69, 9.17) is 11.5 Å². The van der Waals surface area contributed by atoms with E-state index in [1.165, 1.54) is 6.07 Å². The highest BCUT2D eigenvalue weighted by Gasteiger charge is 2.11. The molecule has 0 spiro atoms. The first-order valence-corrected chi connectivity index (χ1v) is 3.93. The van der Waals surface area contributed by atoms with Gasteiger partial charge in [0.1, 0.15) is 5.75 Å². The second-order valence-electron chi connectivity index (χ2n) is 2.78. The van der Waals surface area contributed by atoms with E-state index in [1.807, 2.05) is 0 Å². The van der Waals surface area contributed by atoms with E-state index in [9.17, 15) is 5.11 Å². The highest BCUT2D eigenvalue weighted by Crippen LogP contribution is 2.25. The molecule has 67 valence electrons. The maximum atomic E-state index is 9.40. The van der Waals surface area contributed by atoms with Crippen molar-refractivity contribution in [3.8, 4) is 18.1 Å². The molecule has 0 unspecified atom stereocenters. The molecule has 0 aliphatic heterocycles. The third-order valence-corrected chi connectivity index (χ3v) is 1.88. The zero-order valence-corrected chi connectivity index (χ0v) is 7.41. The summed E-state index contributed by atoms with van der Waals surface area (Å²) >= 11 is 0. The lowest BCUT2D eigenvalue weighted by atomic mass is 9.96. The predicted molar refractivity (Wildman–Crippen MR) is 51.1 cm³/mol. The number of benzene rings is 1. The SMILES string of the molecule is C#Cc1c(O)cccc1[C](C)CO. The van der Waals surface area contributed by atoms with Crippen molar-refractivity contribution < 1.29 is 10.2 Å². The number of aliphatic hydroxyl groups excluding tert-OH is 1. The number of hydrogen-bond acceptors (Lipinski definition) is 2. The molecule has 0 aliphatic carbocycles. The molecule has 2 N–H and O–H groups in total. The van der Waals surface area contributed by atoms with Gasteiger partial charge in [-0.05, 0) is 11.6 Å². The van der Waals surface area contributed by atoms with E-state index < -0.39 is 0 Å². The first-order chi connectivity index (χ1) is 6.20. The topological polar surface area (TPSA) is 40.5 Å². The second-order valence-corrected chi connectivity index (χ2v) is 2.78. The van der Waals surface area contributed by atoms with Crippen molar-refractivity contribution in [3.05, 3.63) is 35.2 Å². The number of rotatable bonds is 2. The fourth-order valence-corrected chi connectivity index (χ4v) is 1.13.